The molecule has 1 amide bonds. The summed E-state index contributed by atoms with van der Waals surface area (Å²) in [7, 11) is -0.599. The Morgan fingerprint density at radius 3 is 2.50 bits per heavy atom. The lowest BCUT2D eigenvalue weighted by Gasteiger charge is -2.14. The quantitative estimate of drug-likeness (QED) is 0.494. The molecule has 30 heavy (non-hydrogen) atoms. The van der Waals surface area contributed by atoms with Gasteiger partial charge in [-0.1, -0.05) is 12.1 Å². The molecule has 1 unspecified atom stereocenters. The first kappa shape index (κ1) is 23.6. The van der Waals surface area contributed by atoms with Crippen LogP contribution < -0.4 is 19.5 Å². The van der Waals surface area contributed by atoms with Crippen molar-refractivity contribution in [3.8, 4) is 11.5 Å². The number of esters is 1. The molecule has 2 rings (SSSR count). The van der Waals surface area contributed by atoms with Crippen LogP contribution in [0.15, 0.2) is 39.9 Å². The van der Waals surface area contributed by atoms with Crippen LogP contribution >= 0.6 is 11.3 Å². The summed E-state index contributed by atoms with van der Waals surface area (Å²) in [6.45, 7) is 1.53. The minimum absolute atomic E-state index is 0.126. The van der Waals surface area contributed by atoms with Crippen LogP contribution in [0.25, 0.3) is 0 Å². The number of methoxy groups -OCH3 is 2. The van der Waals surface area contributed by atoms with Crippen LogP contribution in [0.5, 0.6) is 11.5 Å². The molecule has 0 saturated heterocycles. The number of thiophene rings is 1. The summed E-state index contributed by atoms with van der Waals surface area (Å²) >= 11 is 1.08. The highest BCUT2D eigenvalue weighted by Gasteiger charge is 2.19. The maximum absolute atomic E-state index is 12.2. The standard InChI is InChI=1S/C19H24N2O7S2/c1-13(19(23)20-12-14-6-7-15(26-2)16(11-14)27-3)28-17(22)8-9-21-30(24,25)18-5-4-10-29-18/h4-7,10-11,13,21H,8-9,12H2,1-3H3,(H,20,23). The van der Waals surface area contributed by atoms with E-state index in [1.165, 1.54) is 27.2 Å². The minimum Gasteiger partial charge on any atom is -0.493 e. The molecule has 0 radical (unpaired) electrons. The molecule has 0 bridgehead atoms. The predicted octanol–water partition coefficient (Wildman–Crippen LogP) is 1.68. The van der Waals surface area contributed by atoms with Crippen LogP contribution in [0.4, 0.5) is 0 Å². The molecule has 1 aromatic carbocycles. The summed E-state index contributed by atoms with van der Waals surface area (Å²) in [5.74, 6) is -0.0479. The van der Waals surface area contributed by atoms with Gasteiger partial charge >= 0.3 is 5.97 Å². The normalized spacial score (nSPS) is 12.1. The largest absolute Gasteiger partial charge is 0.493 e. The second kappa shape index (κ2) is 11.0. The molecule has 0 fully saturated rings. The number of benzene rings is 1. The Morgan fingerprint density at radius 2 is 1.87 bits per heavy atom. The zero-order chi connectivity index (χ0) is 22.1. The van der Waals surface area contributed by atoms with E-state index >= 15 is 0 Å². The summed E-state index contributed by atoms with van der Waals surface area (Å²) in [4.78, 5) is 24.1. The molecule has 2 N–H and O–H groups in total. The molecular weight excluding hydrogens is 432 g/mol. The maximum Gasteiger partial charge on any atom is 0.307 e. The van der Waals surface area contributed by atoms with Gasteiger partial charge in [-0.2, -0.15) is 0 Å². The van der Waals surface area contributed by atoms with Crippen molar-refractivity contribution in [2.24, 2.45) is 0 Å². The van der Waals surface area contributed by atoms with Crippen molar-refractivity contribution in [1.82, 2.24) is 10.0 Å². The molecule has 0 saturated carbocycles. The Labute approximate surface area is 179 Å². The third kappa shape index (κ3) is 6.71. The first-order valence-corrected chi connectivity index (χ1v) is 11.3. The first-order valence-electron chi connectivity index (χ1n) is 8.98. The van der Waals surface area contributed by atoms with E-state index in [0.29, 0.717) is 11.5 Å². The van der Waals surface area contributed by atoms with Gasteiger partial charge in [0.1, 0.15) is 4.21 Å². The Kier molecular flexibility index (Phi) is 8.63. The van der Waals surface area contributed by atoms with Gasteiger partial charge in [0.25, 0.3) is 5.91 Å². The number of carbonyl (C=O) groups is 2. The molecule has 1 atom stereocenters. The van der Waals surface area contributed by atoms with E-state index in [1.54, 1.807) is 29.6 Å². The molecule has 164 valence electrons. The predicted molar refractivity (Wildman–Crippen MR) is 111 cm³/mol. The molecule has 1 aromatic heterocycles. The number of ether oxygens (including phenoxy) is 3. The highest BCUT2D eigenvalue weighted by atomic mass is 32.2. The van der Waals surface area contributed by atoms with Crippen LogP contribution in [-0.2, 0) is 30.9 Å². The van der Waals surface area contributed by atoms with Gasteiger partial charge in [-0.3, -0.25) is 9.59 Å². The van der Waals surface area contributed by atoms with Crippen molar-refractivity contribution in [1.29, 1.82) is 0 Å². The molecule has 9 nitrogen and oxygen atoms in total. The van der Waals surface area contributed by atoms with Gasteiger partial charge in [-0.15, -0.1) is 11.3 Å². The number of hydrogen-bond donors (Lipinski definition) is 2. The number of rotatable bonds is 11. The summed E-state index contributed by atoms with van der Waals surface area (Å²) in [6.07, 6.45) is -1.22. The Morgan fingerprint density at radius 1 is 1.13 bits per heavy atom. The van der Waals surface area contributed by atoms with Crippen molar-refractivity contribution in [2.75, 3.05) is 20.8 Å². The van der Waals surface area contributed by atoms with Crippen LogP contribution in [0, 0.1) is 0 Å². The average molecular weight is 457 g/mol. The fraction of sp³-hybridized carbons (Fsp3) is 0.368. The number of hydrogen-bond acceptors (Lipinski definition) is 8. The fourth-order valence-electron chi connectivity index (χ4n) is 2.41. The van der Waals surface area contributed by atoms with Gasteiger partial charge in [-0.25, -0.2) is 13.1 Å². The summed E-state index contributed by atoms with van der Waals surface area (Å²) in [5.41, 5.74) is 0.780. The van der Waals surface area contributed by atoms with Gasteiger partial charge in [-0.05, 0) is 36.1 Å². The lowest BCUT2D eigenvalue weighted by atomic mass is 10.2. The molecule has 0 spiro atoms. The van der Waals surface area contributed by atoms with E-state index in [4.69, 9.17) is 14.2 Å². The lowest BCUT2D eigenvalue weighted by Crippen LogP contribution is -2.36. The maximum atomic E-state index is 12.2. The molecule has 0 aliphatic rings. The van der Waals surface area contributed by atoms with E-state index in [9.17, 15) is 18.0 Å². The SMILES string of the molecule is COc1ccc(CNC(=O)C(C)OC(=O)CCNS(=O)(=O)c2cccs2)cc1OC. The molecule has 1 heterocycles. The van der Waals surface area contributed by atoms with E-state index < -0.39 is 28.0 Å². The third-order valence-electron chi connectivity index (χ3n) is 3.97. The lowest BCUT2D eigenvalue weighted by molar-refractivity contribution is -0.154. The monoisotopic (exact) mass is 456 g/mol. The Hall–Kier alpha value is -2.63. The van der Waals surface area contributed by atoms with Crippen molar-refractivity contribution in [2.45, 2.75) is 30.2 Å². The van der Waals surface area contributed by atoms with Crippen LogP contribution in [0.2, 0.25) is 0 Å². The van der Waals surface area contributed by atoms with Crippen LogP contribution in [-0.4, -0.2) is 47.2 Å². The minimum atomic E-state index is -3.65. The summed E-state index contributed by atoms with van der Waals surface area (Å²) in [6, 6.07) is 8.32. The van der Waals surface area contributed by atoms with Crippen LogP contribution in [0.1, 0.15) is 18.9 Å². The van der Waals surface area contributed by atoms with Gasteiger partial charge in [0.05, 0.1) is 20.6 Å². The smallest absolute Gasteiger partial charge is 0.307 e. The molecule has 2 aromatic rings. The second-order valence-corrected chi connectivity index (χ2v) is 9.06. The molecule has 0 aliphatic carbocycles. The van der Waals surface area contributed by atoms with E-state index in [2.05, 4.69) is 10.0 Å². The number of sulfonamides is 1. The zero-order valence-corrected chi connectivity index (χ0v) is 18.5. The van der Waals surface area contributed by atoms with Gasteiger partial charge in [0, 0.05) is 13.1 Å². The number of amides is 1. The average Bonchev–Trinajstić information content (AvgIpc) is 3.27. The van der Waals surface area contributed by atoms with Gasteiger partial charge in [0.15, 0.2) is 17.6 Å². The second-order valence-electron chi connectivity index (χ2n) is 6.12. The molecule has 0 aliphatic heterocycles. The number of carbonyl (C=O) groups excluding carboxylic acids is 2. The zero-order valence-electron chi connectivity index (χ0n) is 16.8. The van der Waals surface area contributed by atoms with E-state index in [-0.39, 0.29) is 23.7 Å². The van der Waals surface area contributed by atoms with Crippen molar-refractivity contribution >= 4 is 33.2 Å². The van der Waals surface area contributed by atoms with Gasteiger partial charge in [0.2, 0.25) is 10.0 Å². The van der Waals surface area contributed by atoms with Crippen molar-refractivity contribution in [3.05, 3.63) is 41.3 Å². The van der Waals surface area contributed by atoms with Crippen molar-refractivity contribution < 1.29 is 32.2 Å². The fourth-order valence-corrected chi connectivity index (χ4v) is 4.48. The van der Waals surface area contributed by atoms with E-state index in [1.807, 2.05) is 0 Å². The third-order valence-corrected chi connectivity index (χ3v) is 6.83. The molecular formula is C19H24N2O7S2. The summed E-state index contributed by atoms with van der Waals surface area (Å²) < 4.78 is 41.9. The van der Waals surface area contributed by atoms with Crippen LogP contribution in [0.3, 0.4) is 0 Å². The highest BCUT2D eigenvalue weighted by Crippen LogP contribution is 2.27. The van der Waals surface area contributed by atoms with E-state index in [0.717, 1.165) is 16.9 Å². The van der Waals surface area contributed by atoms with Crippen molar-refractivity contribution in [3.63, 3.8) is 0 Å². The summed E-state index contributed by atoms with van der Waals surface area (Å²) in [5, 5.41) is 4.31. The van der Waals surface area contributed by atoms with Gasteiger partial charge < -0.3 is 19.5 Å². The topological polar surface area (TPSA) is 120 Å². The highest BCUT2D eigenvalue weighted by molar-refractivity contribution is 7.91. The first-order chi connectivity index (χ1) is 14.3. The number of nitrogens with one attached hydrogen (secondary N) is 2. The Balaban J connectivity index is 1.76. The Bertz CT molecular complexity index is 959. The molecule has 11 heteroatoms.